The SMILES string of the molecule is COC[C@@H](C)Nc1ccc(S(=O)(=O)NCCCOC(C)C)cc1C(=O)O. The van der Waals surface area contributed by atoms with Gasteiger partial charge >= 0.3 is 5.97 Å². The molecule has 0 amide bonds. The molecule has 0 aromatic heterocycles. The fourth-order valence-electron chi connectivity index (χ4n) is 2.23. The largest absolute Gasteiger partial charge is 0.478 e. The number of benzene rings is 1. The number of aromatic carboxylic acids is 1. The lowest BCUT2D eigenvalue weighted by Gasteiger charge is -2.17. The number of sulfonamides is 1. The van der Waals surface area contributed by atoms with Gasteiger partial charge in [-0.15, -0.1) is 0 Å². The van der Waals surface area contributed by atoms with E-state index in [-0.39, 0.29) is 29.1 Å². The third-order valence-corrected chi connectivity index (χ3v) is 4.87. The maximum atomic E-state index is 12.4. The fraction of sp³-hybridized carbons (Fsp3) is 0.588. The molecule has 9 heteroatoms. The Morgan fingerprint density at radius 3 is 2.54 bits per heavy atom. The van der Waals surface area contributed by atoms with E-state index in [9.17, 15) is 18.3 Å². The summed E-state index contributed by atoms with van der Waals surface area (Å²) < 4.78 is 37.5. The van der Waals surface area contributed by atoms with Crippen LogP contribution >= 0.6 is 0 Å². The van der Waals surface area contributed by atoms with Crippen molar-refractivity contribution in [2.24, 2.45) is 0 Å². The molecule has 1 aromatic carbocycles. The topological polar surface area (TPSA) is 114 Å². The summed E-state index contributed by atoms with van der Waals surface area (Å²) in [7, 11) is -2.25. The molecule has 0 bridgehead atoms. The second-order valence-corrected chi connectivity index (χ2v) is 7.95. The van der Waals surface area contributed by atoms with Crippen LogP contribution in [0.3, 0.4) is 0 Å². The van der Waals surface area contributed by atoms with Gasteiger partial charge in [0.1, 0.15) is 0 Å². The molecule has 0 radical (unpaired) electrons. The summed E-state index contributed by atoms with van der Waals surface area (Å²) >= 11 is 0. The normalized spacial score (nSPS) is 13.0. The minimum Gasteiger partial charge on any atom is -0.478 e. The van der Waals surface area contributed by atoms with E-state index < -0.39 is 16.0 Å². The number of ether oxygens (including phenoxy) is 2. The van der Waals surface area contributed by atoms with Crippen molar-refractivity contribution in [1.82, 2.24) is 4.72 Å². The third kappa shape index (κ3) is 7.28. The van der Waals surface area contributed by atoms with Crippen molar-refractivity contribution in [3.63, 3.8) is 0 Å². The molecular formula is C17H28N2O6S. The summed E-state index contributed by atoms with van der Waals surface area (Å²) in [4.78, 5) is 11.4. The van der Waals surface area contributed by atoms with E-state index in [1.54, 1.807) is 7.11 Å². The molecule has 0 saturated carbocycles. The van der Waals surface area contributed by atoms with E-state index in [1.807, 2.05) is 20.8 Å². The van der Waals surface area contributed by atoms with Crippen molar-refractivity contribution >= 4 is 21.7 Å². The highest BCUT2D eigenvalue weighted by Gasteiger charge is 2.19. The molecule has 0 aliphatic rings. The van der Waals surface area contributed by atoms with Crippen LogP contribution in [0.2, 0.25) is 0 Å². The van der Waals surface area contributed by atoms with Gasteiger partial charge in [-0.05, 0) is 45.4 Å². The molecule has 148 valence electrons. The Morgan fingerprint density at radius 2 is 1.96 bits per heavy atom. The van der Waals surface area contributed by atoms with Gasteiger partial charge in [-0.2, -0.15) is 0 Å². The van der Waals surface area contributed by atoms with Gasteiger partial charge in [-0.3, -0.25) is 0 Å². The molecule has 0 heterocycles. The first-order valence-corrected chi connectivity index (χ1v) is 9.89. The van der Waals surface area contributed by atoms with Crippen LogP contribution in [0.4, 0.5) is 5.69 Å². The Morgan fingerprint density at radius 1 is 1.27 bits per heavy atom. The van der Waals surface area contributed by atoms with Crippen LogP contribution in [0, 0.1) is 0 Å². The molecule has 0 aliphatic carbocycles. The van der Waals surface area contributed by atoms with E-state index in [4.69, 9.17) is 9.47 Å². The molecule has 26 heavy (non-hydrogen) atoms. The van der Waals surface area contributed by atoms with E-state index in [0.29, 0.717) is 25.3 Å². The smallest absolute Gasteiger partial charge is 0.337 e. The number of carboxylic acids is 1. The Bertz CT molecular complexity index is 690. The van der Waals surface area contributed by atoms with Gasteiger partial charge in [0.25, 0.3) is 0 Å². The molecule has 8 nitrogen and oxygen atoms in total. The van der Waals surface area contributed by atoms with Crippen LogP contribution in [-0.4, -0.2) is 58.5 Å². The predicted octanol–water partition coefficient (Wildman–Crippen LogP) is 1.93. The average Bonchev–Trinajstić information content (AvgIpc) is 2.54. The molecule has 0 saturated heterocycles. The van der Waals surface area contributed by atoms with Crippen LogP contribution in [0.1, 0.15) is 37.6 Å². The predicted molar refractivity (Wildman–Crippen MR) is 99.3 cm³/mol. The first-order valence-electron chi connectivity index (χ1n) is 8.41. The van der Waals surface area contributed by atoms with Crippen LogP contribution < -0.4 is 10.0 Å². The van der Waals surface area contributed by atoms with Crippen molar-refractivity contribution in [3.05, 3.63) is 23.8 Å². The zero-order valence-electron chi connectivity index (χ0n) is 15.6. The second-order valence-electron chi connectivity index (χ2n) is 6.18. The number of rotatable bonds is 12. The number of hydrogen-bond acceptors (Lipinski definition) is 6. The Kier molecular flexibility index (Phi) is 9.00. The molecule has 1 atom stereocenters. The number of carboxylic acid groups (broad SMARTS) is 1. The van der Waals surface area contributed by atoms with E-state index in [1.165, 1.54) is 12.1 Å². The van der Waals surface area contributed by atoms with Crippen molar-refractivity contribution in [2.45, 2.75) is 44.2 Å². The van der Waals surface area contributed by atoms with Crippen molar-refractivity contribution in [2.75, 3.05) is 32.2 Å². The van der Waals surface area contributed by atoms with Gasteiger partial charge in [0.2, 0.25) is 10.0 Å². The molecule has 0 fully saturated rings. The van der Waals surface area contributed by atoms with Crippen molar-refractivity contribution in [1.29, 1.82) is 0 Å². The fourth-order valence-corrected chi connectivity index (χ4v) is 3.33. The number of hydrogen-bond donors (Lipinski definition) is 3. The molecule has 0 aliphatic heterocycles. The number of anilines is 1. The molecule has 3 N–H and O–H groups in total. The first-order chi connectivity index (χ1) is 12.2. The number of nitrogens with one attached hydrogen (secondary N) is 2. The highest BCUT2D eigenvalue weighted by Crippen LogP contribution is 2.21. The van der Waals surface area contributed by atoms with Gasteiger partial charge in [0.05, 0.1) is 23.2 Å². The van der Waals surface area contributed by atoms with E-state index >= 15 is 0 Å². The van der Waals surface area contributed by atoms with Gasteiger partial charge < -0.3 is 19.9 Å². The lowest BCUT2D eigenvalue weighted by Crippen LogP contribution is -2.26. The maximum Gasteiger partial charge on any atom is 0.337 e. The van der Waals surface area contributed by atoms with Gasteiger partial charge in [-0.25, -0.2) is 17.9 Å². The van der Waals surface area contributed by atoms with E-state index in [2.05, 4.69) is 10.0 Å². The van der Waals surface area contributed by atoms with Crippen molar-refractivity contribution in [3.8, 4) is 0 Å². The third-order valence-electron chi connectivity index (χ3n) is 3.41. The van der Waals surface area contributed by atoms with Gasteiger partial charge in [0, 0.05) is 32.0 Å². The maximum absolute atomic E-state index is 12.4. The molecule has 0 spiro atoms. The number of methoxy groups -OCH3 is 1. The lowest BCUT2D eigenvalue weighted by molar-refractivity contribution is 0.0697. The van der Waals surface area contributed by atoms with Crippen LogP contribution in [-0.2, 0) is 19.5 Å². The standard InChI is InChI=1S/C17H28N2O6S/c1-12(2)25-9-5-8-18-26(22,23)14-6-7-16(15(10-14)17(20)21)19-13(3)11-24-4/h6-7,10,12-13,18-19H,5,8-9,11H2,1-4H3,(H,20,21)/t13-/m1/s1. The monoisotopic (exact) mass is 388 g/mol. The quantitative estimate of drug-likeness (QED) is 0.469. The highest BCUT2D eigenvalue weighted by atomic mass is 32.2. The average molecular weight is 388 g/mol. The zero-order valence-corrected chi connectivity index (χ0v) is 16.4. The summed E-state index contributed by atoms with van der Waals surface area (Å²) in [6, 6.07) is 3.85. The molecular weight excluding hydrogens is 360 g/mol. The Hall–Kier alpha value is -1.68. The summed E-state index contributed by atoms with van der Waals surface area (Å²) in [6.07, 6.45) is 0.613. The van der Waals surface area contributed by atoms with Crippen LogP contribution in [0.5, 0.6) is 0 Å². The van der Waals surface area contributed by atoms with Crippen molar-refractivity contribution < 1.29 is 27.8 Å². The van der Waals surface area contributed by atoms with Gasteiger partial charge in [0.15, 0.2) is 0 Å². The Balaban J connectivity index is 2.85. The van der Waals surface area contributed by atoms with Crippen LogP contribution in [0.15, 0.2) is 23.1 Å². The first kappa shape index (κ1) is 22.4. The number of carbonyl (C=O) groups is 1. The summed E-state index contributed by atoms with van der Waals surface area (Å²) in [5.41, 5.74) is 0.227. The van der Waals surface area contributed by atoms with Gasteiger partial charge in [-0.1, -0.05) is 0 Å². The molecule has 1 rings (SSSR count). The highest BCUT2D eigenvalue weighted by molar-refractivity contribution is 7.89. The minimum absolute atomic E-state index is 0.0882. The molecule has 0 unspecified atom stereocenters. The van der Waals surface area contributed by atoms with E-state index in [0.717, 1.165) is 6.07 Å². The second kappa shape index (κ2) is 10.5. The Labute approximate surface area is 154 Å². The summed E-state index contributed by atoms with van der Waals surface area (Å²) in [6.45, 7) is 6.68. The zero-order chi connectivity index (χ0) is 19.7. The minimum atomic E-state index is -3.79. The lowest BCUT2D eigenvalue weighted by atomic mass is 10.1. The van der Waals surface area contributed by atoms with Crippen LogP contribution in [0.25, 0.3) is 0 Å². The summed E-state index contributed by atoms with van der Waals surface area (Å²) in [5.74, 6) is -1.21. The molecule has 1 aromatic rings. The summed E-state index contributed by atoms with van der Waals surface area (Å²) in [5, 5.41) is 12.4.